The van der Waals surface area contributed by atoms with Gasteiger partial charge in [-0.25, -0.2) is 8.42 Å². The molecule has 0 aliphatic carbocycles. The molecule has 1 amide bonds. The topological polar surface area (TPSA) is 97.8 Å². The van der Waals surface area contributed by atoms with Crippen molar-refractivity contribution in [3.63, 3.8) is 0 Å². The van der Waals surface area contributed by atoms with Crippen molar-refractivity contribution in [2.75, 3.05) is 18.7 Å². The molecule has 1 N–H and O–H groups in total. The molecule has 2 aliphatic rings. The summed E-state index contributed by atoms with van der Waals surface area (Å²) in [5.74, 6) is 0.800. The van der Waals surface area contributed by atoms with E-state index in [0.29, 0.717) is 29.3 Å². The molecule has 2 aromatic carbocycles. The summed E-state index contributed by atoms with van der Waals surface area (Å²) in [5.41, 5.74) is 1.82. The molecule has 33 heavy (non-hydrogen) atoms. The van der Waals surface area contributed by atoms with E-state index in [2.05, 4.69) is 10.3 Å². The van der Waals surface area contributed by atoms with Crippen molar-refractivity contribution in [3.8, 4) is 11.5 Å². The number of amides is 1. The fraction of sp³-hybridized carbons (Fsp3) is 0.250. The van der Waals surface area contributed by atoms with Crippen molar-refractivity contribution in [1.29, 1.82) is 0 Å². The molecule has 8 nitrogen and oxygen atoms in total. The molecule has 0 unspecified atom stereocenters. The first-order chi connectivity index (χ1) is 16.0. The molecule has 0 bridgehead atoms. The van der Waals surface area contributed by atoms with E-state index in [1.807, 2.05) is 12.1 Å². The van der Waals surface area contributed by atoms with Crippen molar-refractivity contribution >= 4 is 21.6 Å². The van der Waals surface area contributed by atoms with Crippen LogP contribution in [0, 0.1) is 0 Å². The molecule has 1 atom stereocenters. The van der Waals surface area contributed by atoms with Gasteiger partial charge in [-0.15, -0.1) is 0 Å². The molecule has 1 fully saturated rings. The molecule has 0 radical (unpaired) electrons. The normalized spacial score (nSPS) is 18.1. The van der Waals surface area contributed by atoms with Gasteiger partial charge in [0.2, 0.25) is 16.8 Å². The number of piperidine rings is 1. The van der Waals surface area contributed by atoms with Crippen LogP contribution in [0.3, 0.4) is 0 Å². The number of hydrogen-bond donors (Lipinski definition) is 1. The van der Waals surface area contributed by atoms with E-state index < -0.39 is 10.0 Å². The Kier molecular flexibility index (Phi) is 5.74. The summed E-state index contributed by atoms with van der Waals surface area (Å²) < 4.78 is 39.0. The van der Waals surface area contributed by atoms with Gasteiger partial charge in [0.05, 0.1) is 10.9 Å². The van der Waals surface area contributed by atoms with Crippen molar-refractivity contribution in [1.82, 2.24) is 9.29 Å². The van der Waals surface area contributed by atoms with Gasteiger partial charge < -0.3 is 14.8 Å². The number of benzene rings is 2. The largest absolute Gasteiger partial charge is 0.454 e. The smallest absolute Gasteiger partial charge is 0.255 e. The minimum Gasteiger partial charge on any atom is -0.454 e. The van der Waals surface area contributed by atoms with Gasteiger partial charge in [0, 0.05) is 30.2 Å². The summed E-state index contributed by atoms with van der Waals surface area (Å²) in [6.07, 6.45) is 5.96. The van der Waals surface area contributed by atoms with Gasteiger partial charge in [-0.1, -0.05) is 12.5 Å². The SMILES string of the molecule is O=C(Nc1ccc(S(=O)(=O)N2CCCC[C@H]2c2cccnc2)cc1)c1ccc2c(c1)OCO2. The first kappa shape index (κ1) is 21.4. The molecule has 5 rings (SSSR count). The molecule has 1 saturated heterocycles. The first-order valence-corrected chi connectivity index (χ1v) is 12.2. The molecule has 170 valence electrons. The summed E-state index contributed by atoms with van der Waals surface area (Å²) in [4.78, 5) is 17.0. The highest BCUT2D eigenvalue weighted by Gasteiger charge is 2.34. The second-order valence-electron chi connectivity index (χ2n) is 7.96. The Hall–Kier alpha value is -3.43. The quantitative estimate of drug-likeness (QED) is 0.612. The van der Waals surface area contributed by atoms with Gasteiger partial charge in [-0.3, -0.25) is 9.78 Å². The molecular weight excluding hydrogens is 442 g/mol. The maximum atomic E-state index is 13.4. The zero-order valence-corrected chi connectivity index (χ0v) is 18.6. The van der Waals surface area contributed by atoms with Gasteiger partial charge in [0.15, 0.2) is 11.5 Å². The number of carbonyl (C=O) groups excluding carboxylic acids is 1. The fourth-order valence-electron chi connectivity index (χ4n) is 4.19. The van der Waals surface area contributed by atoms with Crippen LogP contribution in [0.15, 0.2) is 71.9 Å². The minimum atomic E-state index is -3.70. The Morgan fingerprint density at radius 1 is 1.03 bits per heavy atom. The van der Waals surface area contributed by atoms with Crippen LogP contribution in [0.2, 0.25) is 0 Å². The zero-order chi connectivity index (χ0) is 22.8. The van der Waals surface area contributed by atoms with Gasteiger partial charge >= 0.3 is 0 Å². The zero-order valence-electron chi connectivity index (χ0n) is 17.8. The number of anilines is 1. The molecule has 3 aromatic rings. The van der Waals surface area contributed by atoms with Crippen LogP contribution >= 0.6 is 0 Å². The van der Waals surface area contributed by atoms with Crippen molar-refractivity contribution in [2.24, 2.45) is 0 Å². The second kappa shape index (κ2) is 8.84. The lowest BCUT2D eigenvalue weighted by atomic mass is 9.99. The predicted molar refractivity (Wildman–Crippen MR) is 122 cm³/mol. The van der Waals surface area contributed by atoms with Gasteiger partial charge in [0.25, 0.3) is 5.91 Å². The third kappa shape index (κ3) is 4.29. The Balaban J connectivity index is 1.33. The molecule has 3 heterocycles. The van der Waals surface area contributed by atoms with E-state index in [-0.39, 0.29) is 23.6 Å². The van der Waals surface area contributed by atoms with E-state index in [0.717, 1.165) is 24.8 Å². The number of aromatic nitrogens is 1. The van der Waals surface area contributed by atoms with Crippen LogP contribution in [0.1, 0.15) is 41.2 Å². The number of carbonyl (C=O) groups is 1. The highest BCUT2D eigenvalue weighted by atomic mass is 32.2. The van der Waals surface area contributed by atoms with Crippen molar-refractivity contribution < 1.29 is 22.7 Å². The average molecular weight is 466 g/mol. The number of pyridine rings is 1. The minimum absolute atomic E-state index is 0.134. The molecule has 9 heteroatoms. The number of fused-ring (bicyclic) bond motifs is 1. The fourth-order valence-corrected chi connectivity index (χ4v) is 5.87. The van der Waals surface area contributed by atoms with Crippen LogP contribution in [-0.2, 0) is 10.0 Å². The summed E-state index contributed by atoms with van der Waals surface area (Å²) in [6.45, 7) is 0.597. The second-order valence-corrected chi connectivity index (χ2v) is 9.85. The number of rotatable bonds is 5. The number of ether oxygens (including phenoxy) is 2. The molecule has 0 saturated carbocycles. The standard InChI is InChI=1S/C24H23N3O5S/c28-24(17-6-11-22-23(14-17)32-16-31-22)26-19-7-9-20(10-8-19)33(29,30)27-13-2-1-5-21(27)18-4-3-12-25-15-18/h3-4,6-12,14-15,21H,1-2,5,13,16H2,(H,26,28)/t21-/m0/s1. The summed E-state index contributed by atoms with van der Waals surface area (Å²) in [6, 6.07) is 14.7. The Bertz CT molecular complexity index is 1260. The Morgan fingerprint density at radius 2 is 1.85 bits per heavy atom. The van der Waals surface area contributed by atoms with E-state index in [1.165, 1.54) is 12.1 Å². The predicted octanol–water partition coefficient (Wildman–Crippen LogP) is 3.98. The van der Waals surface area contributed by atoms with E-state index in [9.17, 15) is 13.2 Å². The van der Waals surface area contributed by atoms with Crippen LogP contribution in [0.25, 0.3) is 0 Å². The number of hydrogen-bond acceptors (Lipinski definition) is 6. The van der Waals surface area contributed by atoms with Gasteiger partial charge in [-0.2, -0.15) is 4.31 Å². The highest BCUT2D eigenvalue weighted by molar-refractivity contribution is 7.89. The van der Waals surface area contributed by atoms with E-state index >= 15 is 0 Å². The van der Waals surface area contributed by atoms with Crippen LogP contribution < -0.4 is 14.8 Å². The summed E-state index contributed by atoms with van der Waals surface area (Å²) in [7, 11) is -3.70. The maximum Gasteiger partial charge on any atom is 0.255 e. The monoisotopic (exact) mass is 465 g/mol. The van der Waals surface area contributed by atoms with Gasteiger partial charge in [0.1, 0.15) is 0 Å². The van der Waals surface area contributed by atoms with Crippen molar-refractivity contribution in [2.45, 2.75) is 30.2 Å². The average Bonchev–Trinajstić information content (AvgIpc) is 3.33. The molecule has 1 aromatic heterocycles. The highest BCUT2D eigenvalue weighted by Crippen LogP contribution is 2.35. The maximum absolute atomic E-state index is 13.4. The van der Waals surface area contributed by atoms with Crippen LogP contribution in [0.5, 0.6) is 11.5 Å². The molecule has 0 spiro atoms. The lowest BCUT2D eigenvalue weighted by Gasteiger charge is -2.34. The number of nitrogens with zero attached hydrogens (tertiary/aromatic N) is 2. The molecular formula is C24H23N3O5S. The van der Waals surface area contributed by atoms with Crippen molar-refractivity contribution in [3.05, 3.63) is 78.1 Å². The van der Waals surface area contributed by atoms with E-state index in [1.54, 1.807) is 47.0 Å². The third-order valence-corrected chi connectivity index (χ3v) is 7.80. The third-order valence-electron chi connectivity index (χ3n) is 5.88. The van der Waals surface area contributed by atoms with E-state index in [4.69, 9.17) is 9.47 Å². The number of nitrogens with one attached hydrogen (secondary N) is 1. The summed E-state index contributed by atoms with van der Waals surface area (Å²) >= 11 is 0. The lowest BCUT2D eigenvalue weighted by Crippen LogP contribution is -2.38. The lowest BCUT2D eigenvalue weighted by molar-refractivity contribution is 0.102. The number of sulfonamides is 1. The Morgan fingerprint density at radius 3 is 2.64 bits per heavy atom. The van der Waals surface area contributed by atoms with Crippen LogP contribution in [0.4, 0.5) is 5.69 Å². The van der Waals surface area contributed by atoms with Crippen LogP contribution in [-0.4, -0.2) is 37.0 Å². The Labute approximate surface area is 192 Å². The summed E-state index contributed by atoms with van der Waals surface area (Å²) in [5, 5.41) is 2.79. The molecule has 2 aliphatic heterocycles. The first-order valence-electron chi connectivity index (χ1n) is 10.8. The van der Waals surface area contributed by atoms with Gasteiger partial charge in [-0.05, 0) is 66.9 Å².